The van der Waals surface area contributed by atoms with E-state index in [2.05, 4.69) is 15.4 Å². The van der Waals surface area contributed by atoms with Crippen LogP contribution in [0.2, 0.25) is 0 Å². The van der Waals surface area contributed by atoms with Crippen molar-refractivity contribution in [2.24, 2.45) is 0 Å². The van der Waals surface area contributed by atoms with E-state index in [-0.39, 0.29) is 18.9 Å². The summed E-state index contributed by atoms with van der Waals surface area (Å²) >= 11 is 0. The minimum absolute atomic E-state index is 0.155. The highest BCUT2D eigenvalue weighted by atomic mass is 16.5. The van der Waals surface area contributed by atoms with Crippen molar-refractivity contribution in [3.8, 4) is 17.1 Å². The fraction of sp³-hybridized carbons (Fsp3) is 0.263. The first-order valence-corrected chi connectivity index (χ1v) is 8.25. The molecule has 7 heteroatoms. The summed E-state index contributed by atoms with van der Waals surface area (Å²) in [7, 11) is 0. The van der Waals surface area contributed by atoms with Crippen LogP contribution < -0.4 is 4.74 Å². The van der Waals surface area contributed by atoms with Crippen LogP contribution in [0.5, 0.6) is 5.88 Å². The molecule has 7 nitrogen and oxygen atoms in total. The van der Waals surface area contributed by atoms with Crippen LogP contribution in [0.4, 0.5) is 0 Å². The second-order valence-electron chi connectivity index (χ2n) is 5.66. The number of ether oxygens (including phenoxy) is 2. The van der Waals surface area contributed by atoms with Gasteiger partial charge in [0.2, 0.25) is 5.88 Å². The fourth-order valence-electron chi connectivity index (χ4n) is 2.45. The normalized spacial score (nSPS) is 10.6. The lowest BCUT2D eigenvalue weighted by atomic mass is 10.1. The topological polar surface area (TPSA) is 87.3 Å². The predicted molar refractivity (Wildman–Crippen MR) is 93.7 cm³/mol. The zero-order valence-corrected chi connectivity index (χ0v) is 14.9. The molecule has 134 valence electrons. The predicted octanol–water partition coefficient (Wildman–Crippen LogP) is 3.50. The Morgan fingerprint density at radius 2 is 1.92 bits per heavy atom. The SMILES string of the molecule is CCOC(=O)c1cc(C)c(OCc2c(-c3ccccc3)noc2C)nn1. The number of nitrogens with zero attached hydrogens (tertiary/aromatic N) is 3. The molecular formula is C19H19N3O4. The van der Waals surface area contributed by atoms with E-state index in [1.165, 1.54) is 0 Å². The Hall–Kier alpha value is -3.22. The molecule has 2 heterocycles. The zero-order valence-electron chi connectivity index (χ0n) is 14.9. The molecule has 1 aromatic carbocycles. The summed E-state index contributed by atoms with van der Waals surface area (Å²) in [4.78, 5) is 11.7. The number of carbonyl (C=O) groups is 1. The minimum Gasteiger partial charge on any atom is -0.471 e. The highest BCUT2D eigenvalue weighted by Crippen LogP contribution is 2.26. The maximum atomic E-state index is 11.7. The van der Waals surface area contributed by atoms with Gasteiger partial charge in [0.1, 0.15) is 18.1 Å². The van der Waals surface area contributed by atoms with Crippen molar-refractivity contribution in [1.82, 2.24) is 15.4 Å². The molecule has 0 aliphatic heterocycles. The van der Waals surface area contributed by atoms with E-state index < -0.39 is 5.97 Å². The summed E-state index contributed by atoms with van der Waals surface area (Å²) in [5.74, 6) is 0.520. The fourth-order valence-corrected chi connectivity index (χ4v) is 2.45. The van der Waals surface area contributed by atoms with Crippen molar-refractivity contribution >= 4 is 5.97 Å². The van der Waals surface area contributed by atoms with Gasteiger partial charge in [0.05, 0.1) is 12.2 Å². The van der Waals surface area contributed by atoms with Crippen LogP contribution in [-0.4, -0.2) is 27.9 Å². The van der Waals surface area contributed by atoms with Crippen molar-refractivity contribution in [2.45, 2.75) is 27.4 Å². The molecule has 0 amide bonds. The third-order valence-electron chi connectivity index (χ3n) is 3.81. The second-order valence-corrected chi connectivity index (χ2v) is 5.66. The van der Waals surface area contributed by atoms with Gasteiger partial charge in [-0.3, -0.25) is 0 Å². The summed E-state index contributed by atoms with van der Waals surface area (Å²) in [6, 6.07) is 11.3. The first-order valence-electron chi connectivity index (χ1n) is 8.25. The summed E-state index contributed by atoms with van der Waals surface area (Å²) in [5, 5.41) is 12.0. The molecular weight excluding hydrogens is 334 g/mol. The van der Waals surface area contributed by atoms with Crippen LogP contribution in [0.3, 0.4) is 0 Å². The Bertz CT molecular complexity index is 906. The molecule has 3 aromatic rings. The van der Waals surface area contributed by atoms with E-state index in [4.69, 9.17) is 14.0 Å². The standard InChI is InChI=1S/C19H19N3O4/c1-4-24-19(23)16-10-12(2)18(21-20-16)25-11-15-13(3)26-22-17(15)14-8-6-5-7-9-14/h5-10H,4,11H2,1-3H3. The number of esters is 1. The van der Waals surface area contributed by atoms with E-state index in [0.29, 0.717) is 17.2 Å². The number of carbonyl (C=O) groups excluding carboxylic acids is 1. The Balaban J connectivity index is 1.78. The third-order valence-corrected chi connectivity index (χ3v) is 3.81. The van der Waals surface area contributed by atoms with E-state index in [9.17, 15) is 4.79 Å². The van der Waals surface area contributed by atoms with Crippen LogP contribution >= 0.6 is 0 Å². The lowest BCUT2D eigenvalue weighted by Gasteiger charge is -2.09. The van der Waals surface area contributed by atoms with E-state index >= 15 is 0 Å². The zero-order chi connectivity index (χ0) is 18.5. The highest BCUT2D eigenvalue weighted by Gasteiger charge is 2.17. The van der Waals surface area contributed by atoms with Crippen LogP contribution in [0, 0.1) is 13.8 Å². The molecule has 0 saturated carbocycles. The maximum absolute atomic E-state index is 11.7. The van der Waals surface area contributed by atoms with Crippen LogP contribution in [0.15, 0.2) is 40.9 Å². The Morgan fingerprint density at radius 3 is 2.62 bits per heavy atom. The van der Waals surface area contributed by atoms with E-state index in [1.807, 2.05) is 37.3 Å². The minimum atomic E-state index is -0.504. The molecule has 0 unspecified atom stereocenters. The molecule has 0 fully saturated rings. The van der Waals surface area contributed by atoms with Gasteiger partial charge in [-0.15, -0.1) is 10.2 Å². The molecule has 0 spiro atoms. The first kappa shape index (κ1) is 17.6. The second kappa shape index (κ2) is 7.77. The monoisotopic (exact) mass is 353 g/mol. The molecule has 3 rings (SSSR count). The molecule has 26 heavy (non-hydrogen) atoms. The molecule has 0 aliphatic rings. The van der Waals surface area contributed by atoms with E-state index in [0.717, 1.165) is 16.8 Å². The van der Waals surface area contributed by atoms with Crippen molar-refractivity contribution in [1.29, 1.82) is 0 Å². The molecule has 0 radical (unpaired) electrons. The van der Waals surface area contributed by atoms with Crippen molar-refractivity contribution in [3.63, 3.8) is 0 Å². The van der Waals surface area contributed by atoms with Gasteiger partial charge in [0, 0.05) is 11.1 Å². The van der Waals surface area contributed by atoms with Crippen molar-refractivity contribution in [2.75, 3.05) is 6.61 Å². The quantitative estimate of drug-likeness (QED) is 0.627. The van der Waals surface area contributed by atoms with Gasteiger partial charge in [0.25, 0.3) is 0 Å². The molecule has 0 N–H and O–H groups in total. The molecule has 2 aromatic heterocycles. The number of benzene rings is 1. The van der Waals surface area contributed by atoms with Crippen LogP contribution in [-0.2, 0) is 11.3 Å². The van der Waals surface area contributed by atoms with Gasteiger partial charge in [-0.1, -0.05) is 35.5 Å². The van der Waals surface area contributed by atoms with Crippen LogP contribution in [0.25, 0.3) is 11.3 Å². The average Bonchev–Trinajstić information content (AvgIpc) is 3.02. The Kier molecular flexibility index (Phi) is 5.26. The summed E-state index contributed by atoms with van der Waals surface area (Å²) in [6.45, 7) is 5.88. The highest BCUT2D eigenvalue weighted by molar-refractivity contribution is 5.87. The first-order chi connectivity index (χ1) is 12.6. The van der Waals surface area contributed by atoms with Crippen molar-refractivity contribution < 1.29 is 18.8 Å². The number of aryl methyl sites for hydroxylation is 2. The van der Waals surface area contributed by atoms with Gasteiger partial charge >= 0.3 is 5.97 Å². The van der Waals surface area contributed by atoms with Gasteiger partial charge in [0.15, 0.2) is 5.69 Å². The lowest BCUT2D eigenvalue weighted by Crippen LogP contribution is -2.10. The average molecular weight is 353 g/mol. The molecule has 0 aliphatic carbocycles. The molecule has 0 bridgehead atoms. The van der Waals surface area contributed by atoms with Crippen LogP contribution in [0.1, 0.15) is 34.3 Å². The van der Waals surface area contributed by atoms with Gasteiger partial charge in [-0.2, -0.15) is 0 Å². The summed E-state index contributed by atoms with van der Waals surface area (Å²) < 4.78 is 16.0. The van der Waals surface area contributed by atoms with Crippen molar-refractivity contribution in [3.05, 3.63) is 59.0 Å². The number of hydrogen-bond donors (Lipinski definition) is 0. The Labute approximate surface area is 150 Å². The summed E-state index contributed by atoms with van der Waals surface area (Å²) in [5.41, 5.74) is 3.37. The van der Waals surface area contributed by atoms with Gasteiger partial charge < -0.3 is 14.0 Å². The molecule has 0 saturated heterocycles. The number of rotatable bonds is 6. The summed E-state index contributed by atoms with van der Waals surface area (Å²) in [6.07, 6.45) is 0. The van der Waals surface area contributed by atoms with E-state index in [1.54, 1.807) is 19.9 Å². The maximum Gasteiger partial charge on any atom is 0.358 e. The number of hydrogen-bond acceptors (Lipinski definition) is 7. The smallest absolute Gasteiger partial charge is 0.358 e. The molecule has 0 atom stereocenters. The third kappa shape index (κ3) is 3.72. The number of aromatic nitrogens is 3. The Morgan fingerprint density at radius 1 is 1.15 bits per heavy atom. The van der Waals surface area contributed by atoms with Gasteiger partial charge in [-0.25, -0.2) is 4.79 Å². The van der Waals surface area contributed by atoms with Gasteiger partial charge in [-0.05, 0) is 26.8 Å². The largest absolute Gasteiger partial charge is 0.471 e. The lowest BCUT2D eigenvalue weighted by molar-refractivity contribution is 0.0517.